The Bertz CT molecular complexity index is 825. The molecule has 2 aromatic carbocycles. The predicted octanol–water partition coefficient (Wildman–Crippen LogP) is 4.98. The van der Waals surface area contributed by atoms with Crippen LogP contribution in [0, 0.1) is 0 Å². The third-order valence-corrected chi connectivity index (χ3v) is 6.64. The van der Waals surface area contributed by atoms with Crippen LogP contribution in [0.5, 0.6) is 0 Å². The number of halogens is 2. The highest BCUT2D eigenvalue weighted by molar-refractivity contribution is 9.10. The quantitative estimate of drug-likeness (QED) is 0.652. The SMILES string of the molecule is CCCC(C)N(c1cc(Cl)ccc1CO)S(=O)(=O)c1ccc(Br)cc1. The molecule has 136 valence electrons. The molecule has 0 aliphatic rings. The fourth-order valence-electron chi connectivity index (χ4n) is 2.73. The van der Waals surface area contributed by atoms with Gasteiger partial charge in [-0.05, 0) is 49.7 Å². The highest BCUT2D eigenvalue weighted by Crippen LogP contribution is 2.33. The van der Waals surface area contributed by atoms with Gasteiger partial charge in [-0.15, -0.1) is 0 Å². The van der Waals surface area contributed by atoms with E-state index in [0.717, 1.165) is 10.9 Å². The van der Waals surface area contributed by atoms with E-state index in [2.05, 4.69) is 15.9 Å². The molecule has 0 saturated carbocycles. The Kier molecular flexibility index (Phi) is 6.91. The van der Waals surface area contributed by atoms with Gasteiger partial charge in [0, 0.05) is 21.1 Å². The summed E-state index contributed by atoms with van der Waals surface area (Å²) in [6, 6.07) is 11.1. The number of hydrogen-bond acceptors (Lipinski definition) is 3. The standard InChI is InChI=1S/C18H21BrClNO3S/c1-3-4-13(2)21(18-11-16(20)8-5-14(18)12-22)25(23,24)17-9-6-15(19)7-10-17/h5-11,13,22H,3-4,12H2,1-2H3. The zero-order valence-corrected chi connectivity index (χ0v) is 17.3. The second-order valence-corrected chi connectivity index (χ2v) is 8.99. The zero-order chi connectivity index (χ0) is 18.6. The van der Waals surface area contributed by atoms with Gasteiger partial charge in [-0.2, -0.15) is 0 Å². The summed E-state index contributed by atoms with van der Waals surface area (Å²) in [6.45, 7) is 3.60. The smallest absolute Gasteiger partial charge is 0.264 e. The maximum absolute atomic E-state index is 13.3. The Labute approximate surface area is 162 Å². The third-order valence-electron chi connectivity index (χ3n) is 3.93. The van der Waals surface area contributed by atoms with Crippen molar-refractivity contribution < 1.29 is 13.5 Å². The molecule has 0 spiro atoms. The van der Waals surface area contributed by atoms with Crippen molar-refractivity contribution in [2.24, 2.45) is 0 Å². The second-order valence-electron chi connectivity index (χ2n) is 5.82. The van der Waals surface area contributed by atoms with Crippen molar-refractivity contribution in [1.82, 2.24) is 0 Å². The maximum atomic E-state index is 13.3. The van der Waals surface area contributed by atoms with Gasteiger partial charge in [-0.1, -0.05) is 46.9 Å². The normalized spacial score (nSPS) is 12.8. The summed E-state index contributed by atoms with van der Waals surface area (Å²) < 4.78 is 28.8. The van der Waals surface area contributed by atoms with Crippen molar-refractivity contribution in [2.75, 3.05) is 4.31 Å². The zero-order valence-electron chi connectivity index (χ0n) is 14.1. The number of anilines is 1. The van der Waals surface area contributed by atoms with E-state index >= 15 is 0 Å². The number of benzene rings is 2. The number of rotatable bonds is 7. The van der Waals surface area contributed by atoms with Crippen molar-refractivity contribution in [3.05, 3.63) is 57.5 Å². The summed E-state index contributed by atoms with van der Waals surface area (Å²) in [7, 11) is -3.80. The van der Waals surface area contributed by atoms with Crippen LogP contribution in [0.25, 0.3) is 0 Å². The largest absolute Gasteiger partial charge is 0.392 e. The molecule has 0 heterocycles. The number of aliphatic hydroxyl groups is 1. The molecule has 0 amide bonds. The van der Waals surface area contributed by atoms with E-state index in [9.17, 15) is 13.5 Å². The molecule has 0 fully saturated rings. The van der Waals surface area contributed by atoms with Crippen LogP contribution in [-0.2, 0) is 16.6 Å². The van der Waals surface area contributed by atoms with Gasteiger partial charge in [-0.25, -0.2) is 8.42 Å². The molecular formula is C18H21BrClNO3S. The van der Waals surface area contributed by atoms with Crippen LogP contribution >= 0.6 is 27.5 Å². The fourth-order valence-corrected chi connectivity index (χ4v) is 4.88. The first-order chi connectivity index (χ1) is 11.8. The minimum absolute atomic E-state index is 0.197. The Morgan fingerprint density at radius 1 is 1.20 bits per heavy atom. The van der Waals surface area contributed by atoms with Gasteiger partial charge in [0.1, 0.15) is 0 Å². The predicted molar refractivity (Wildman–Crippen MR) is 106 cm³/mol. The van der Waals surface area contributed by atoms with Crippen molar-refractivity contribution in [2.45, 2.75) is 44.2 Å². The van der Waals surface area contributed by atoms with Gasteiger partial charge < -0.3 is 5.11 Å². The minimum atomic E-state index is -3.80. The van der Waals surface area contributed by atoms with E-state index in [0.29, 0.717) is 22.7 Å². The van der Waals surface area contributed by atoms with Gasteiger partial charge in [0.15, 0.2) is 0 Å². The molecule has 0 saturated heterocycles. The molecule has 4 nitrogen and oxygen atoms in total. The van der Waals surface area contributed by atoms with Crippen LogP contribution in [0.4, 0.5) is 5.69 Å². The average Bonchev–Trinajstić information content (AvgIpc) is 2.55. The first kappa shape index (κ1) is 20.2. The number of sulfonamides is 1. The van der Waals surface area contributed by atoms with Crippen molar-refractivity contribution in [3.63, 3.8) is 0 Å². The van der Waals surface area contributed by atoms with Gasteiger partial charge in [0.2, 0.25) is 0 Å². The summed E-state index contributed by atoms with van der Waals surface area (Å²) in [5.41, 5.74) is 0.937. The Morgan fingerprint density at radius 2 is 1.84 bits per heavy atom. The maximum Gasteiger partial charge on any atom is 0.264 e. The van der Waals surface area contributed by atoms with E-state index < -0.39 is 10.0 Å². The Balaban J connectivity index is 2.64. The Morgan fingerprint density at radius 3 is 2.40 bits per heavy atom. The van der Waals surface area contributed by atoms with Crippen LogP contribution in [0.1, 0.15) is 32.3 Å². The van der Waals surface area contributed by atoms with Crippen molar-refractivity contribution in [3.8, 4) is 0 Å². The molecular weight excluding hydrogens is 426 g/mol. The summed E-state index contributed by atoms with van der Waals surface area (Å²) in [4.78, 5) is 0.197. The summed E-state index contributed by atoms with van der Waals surface area (Å²) in [5.74, 6) is 0. The highest BCUT2D eigenvalue weighted by Gasteiger charge is 2.30. The first-order valence-electron chi connectivity index (χ1n) is 8.00. The van der Waals surface area contributed by atoms with Gasteiger partial charge in [-0.3, -0.25) is 4.31 Å². The summed E-state index contributed by atoms with van der Waals surface area (Å²) in [6.07, 6.45) is 1.52. The molecule has 2 rings (SSSR count). The lowest BCUT2D eigenvalue weighted by Crippen LogP contribution is -2.39. The van der Waals surface area contributed by atoms with Crippen LogP contribution in [0.3, 0.4) is 0 Å². The van der Waals surface area contributed by atoms with Crippen LogP contribution in [0.15, 0.2) is 51.8 Å². The lowest BCUT2D eigenvalue weighted by molar-refractivity contribution is 0.282. The van der Waals surface area contributed by atoms with Crippen LogP contribution in [0.2, 0.25) is 5.02 Å². The molecule has 0 aromatic heterocycles. The van der Waals surface area contributed by atoms with Crippen molar-refractivity contribution in [1.29, 1.82) is 0 Å². The topological polar surface area (TPSA) is 57.6 Å². The van der Waals surface area contributed by atoms with Gasteiger partial charge >= 0.3 is 0 Å². The third kappa shape index (κ3) is 4.56. The molecule has 7 heteroatoms. The average molecular weight is 447 g/mol. The second kappa shape index (κ2) is 8.54. The molecule has 1 N–H and O–H groups in total. The minimum Gasteiger partial charge on any atom is -0.392 e. The monoisotopic (exact) mass is 445 g/mol. The number of aliphatic hydroxyl groups excluding tert-OH is 1. The van der Waals surface area contributed by atoms with E-state index in [4.69, 9.17) is 11.6 Å². The number of nitrogens with zero attached hydrogens (tertiary/aromatic N) is 1. The molecule has 25 heavy (non-hydrogen) atoms. The molecule has 0 aliphatic heterocycles. The molecule has 0 aliphatic carbocycles. The molecule has 1 atom stereocenters. The molecule has 0 bridgehead atoms. The lowest BCUT2D eigenvalue weighted by Gasteiger charge is -2.32. The summed E-state index contributed by atoms with van der Waals surface area (Å²) in [5, 5.41) is 10.1. The fraction of sp³-hybridized carbons (Fsp3) is 0.333. The van der Waals surface area contributed by atoms with Gasteiger partial charge in [0.25, 0.3) is 10.0 Å². The van der Waals surface area contributed by atoms with E-state index in [1.54, 1.807) is 42.5 Å². The van der Waals surface area contributed by atoms with Crippen LogP contribution in [-0.4, -0.2) is 19.6 Å². The number of hydrogen-bond donors (Lipinski definition) is 1. The molecule has 0 radical (unpaired) electrons. The first-order valence-corrected chi connectivity index (χ1v) is 10.6. The molecule has 1 unspecified atom stereocenters. The Hall–Kier alpha value is -1.08. The van der Waals surface area contributed by atoms with E-state index in [1.807, 2.05) is 13.8 Å². The molecule has 2 aromatic rings. The van der Waals surface area contributed by atoms with Crippen molar-refractivity contribution >= 4 is 43.2 Å². The van der Waals surface area contributed by atoms with E-state index in [1.165, 1.54) is 4.31 Å². The lowest BCUT2D eigenvalue weighted by atomic mass is 10.1. The highest BCUT2D eigenvalue weighted by atomic mass is 79.9. The van der Waals surface area contributed by atoms with Crippen LogP contribution < -0.4 is 4.31 Å². The van der Waals surface area contributed by atoms with Gasteiger partial charge in [0.05, 0.1) is 17.2 Å². The van der Waals surface area contributed by atoms with E-state index in [-0.39, 0.29) is 17.5 Å². The summed E-state index contributed by atoms with van der Waals surface area (Å²) >= 11 is 9.43.